The number of benzene rings is 3. The molecule has 1 heterocycles. The van der Waals surface area contributed by atoms with Crippen molar-refractivity contribution in [3.63, 3.8) is 0 Å². The Hall–Kier alpha value is -3.33. The predicted octanol–water partition coefficient (Wildman–Crippen LogP) is 5.88. The van der Waals surface area contributed by atoms with E-state index in [4.69, 9.17) is 27.9 Å². The van der Waals surface area contributed by atoms with Crippen molar-refractivity contribution in [2.24, 2.45) is 5.10 Å². The molecule has 0 saturated heterocycles. The molecule has 0 aliphatic heterocycles. The number of amides is 1. The minimum absolute atomic E-state index is 0.0929. The number of ether oxygens (including phenoxy) is 1. The highest BCUT2D eigenvalue weighted by Crippen LogP contribution is 2.29. The molecular weight excluding hydrogens is 505 g/mol. The number of nitrogens with zero attached hydrogens (tertiary/aromatic N) is 4. The van der Waals surface area contributed by atoms with Crippen LogP contribution >= 0.6 is 35.0 Å². The van der Waals surface area contributed by atoms with Crippen LogP contribution in [0.25, 0.3) is 17.1 Å². The summed E-state index contributed by atoms with van der Waals surface area (Å²) in [6.07, 6.45) is 1.51. The standard InChI is InChI=1S/C25H21Cl2N5O2S/c1-2-34-21-13-11-20(12-14-21)32-24(17-7-9-19(26)10-8-17)30-31-25(32)35-16-23(33)29-28-15-18-5-3-4-6-22(18)27/h3-15H,2,16H2,1H3,(H,29,33)/b28-15-. The van der Waals surface area contributed by atoms with E-state index in [1.165, 1.54) is 18.0 Å². The molecule has 0 radical (unpaired) electrons. The Labute approximate surface area is 217 Å². The molecule has 7 nitrogen and oxygen atoms in total. The molecule has 0 aliphatic carbocycles. The number of carbonyl (C=O) groups is 1. The Morgan fingerprint density at radius 1 is 1.06 bits per heavy atom. The van der Waals surface area contributed by atoms with E-state index >= 15 is 0 Å². The summed E-state index contributed by atoms with van der Waals surface area (Å²) in [7, 11) is 0. The zero-order chi connectivity index (χ0) is 24.6. The molecule has 4 aromatic rings. The number of nitrogens with one attached hydrogen (secondary N) is 1. The van der Waals surface area contributed by atoms with Crippen LogP contribution in [0, 0.1) is 0 Å². The largest absolute Gasteiger partial charge is 0.494 e. The van der Waals surface area contributed by atoms with Crippen LogP contribution in [0.3, 0.4) is 0 Å². The van der Waals surface area contributed by atoms with Crippen LogP contribution in [-0.4, -0.2) is 39.2 Å². The molecule has 1 aromatic heterocycles. The lowest BCUT2D eigenvalue weighted by Crippen LogP contribution is -2.20. The summed E-state index contributed by atoms with van der Waals surface area (Å²) in [5.74, 6) is 1.20. The fourth-order valence-electron chi connectivity index (χ4n) is 3.16. The van der Waals surface area contributed by atoms with Gasteiger partial charge in [-0.1, -0.05) is 53.2 Å². The average molecular weight is 526 g/mol. The molecule has 35 heavy (non-hydrogen) atoms. The molecule has 3 aromatic carbocycles. The zero-order valence-electron chi connectivity index (χ0n) is 18.7. The van der Waals surface area contributed by atoms with Crippen molar-refractivity contribution in [1.29, 1.82) is 0 Å². The van der Waals surface area contributed by atoms with Crippen LogP contribution in [0.5, 0.6) is 5.75 Å². The molecule has 0 bridgehead atoms. The summed E-state index contributed by atoms with van der Waals surface area (Å²) in [5.41, 5.74) is 4.91. The van der Waals surface area contributed by atoms with Crippen LogP contribution in [-0.2, 0) is 4.79 Å². The Bertz CT molecular complexity index is 1320. The van der Waals surface area contributed by atoms with Crippen molar-refractivity contribution in [3.05, 3.63) is 88.4 Å². The first-order valence-electron chi connectivity index (χ1n) is 10.7. The van der Waals surface area contributed by atoms with Crippen molar-refractivity contribution >= 4 is 47.1 Å². The third-order valence-corrected chi connectivity index (χ3v) is 6.30. The van der Waals surface area contributed by atoms with E-state index in [2.05, 4.69) is 20.7 Å². The zero-order valence-corrected chi connectivity index (χ0v) is 21.0. The first-order valence-corrected chi connectivity index (χ1v) is 12.4. The van der Waals surface area contributed by atoms with E-state index < -0.39 is 0 Å². The van der Waals surface area contributed by atoms with Gasteiger partial charge in [-0.25, -0.2) is 5.43 Å². The number of thioether (sulfide) groups is 1. The molecule has 178 valence electrons. The molecule has 0 fully saturated rings. The summed E-state index contributed by atoms with van der Waals surface area (Å²) >= 11 is 13.4. The average Bonchev–Trinajstić information content (AvgIpc) is 3.29. The smallest absolute Gasteiger partial charge is 0.250 e. The Balaban J connectivity index is 1.53. The molecule has 1 N–H and O–H groups in total. The lowest BCUT2D eigenvalue weighted by Gasteiger charge is -2.11. The van der Waals surface area contributed by atoms with Gasteiger partial charge in [0.25, 0.3) is 5.91 Å². The number of aromatic nitrogens is 3. The Kier molecular flexibility index (Phi) is 8.41. The molecule has 0 spiro atoms. The number of rotatable bonds is 9. The summed E-state index contributed by atoms with van der Waals surface area (Å²) < 4.78 is 7.45. The highest BCUT2D eigenvalue weighted by molar-refractivity contribution is 7.99. The first-order chi connectivity index (χ1) is 17.0. The van der Waals surface area contributed by atoms with Crippen molar-refractivity contribution in [3.8, 4) is 22.8 Å². The second kappa shape index (κ2) is 11.9. The molecule has 10 heteroatoms. The lowest BCUT2D eigenvalue weighted by molar-refractivity contribution is -0.118. The minimum atomic E-state index is -0.285. The van der Waals surface area contributed by atoms with Crippen molar-refractivity contribution in [2.45, 2.75) is 12.1 Å². The van der Waals surface area contributed by atoms with E-state index in [1.807, 2.05) is 66.1 Å². The fourth-order valence-corrected chi connectivity index (χ4v) is 4.21. The van der Waals surface area contributed by atoms with Gasteiger partial charge in [0.1, 0.15) is 5.75 Å². The molecule has 0 saturated carbocycles. The monoisotopic (exact) mass is 525 g/mol. The minimum Gasteiger partial charge on any atom is -0.494 e. The SMILES string of the molecule is CCOc1ccc(-n2c(SCC(=O)N/N=C\c3ccccc3Cl)nnc2-c2ccc(Cl)cc2)cc1. The maximum absolute atomic E-state index is 12.4. The Morgan fingerprint density at radius 2 is 1.80 bits per heavy atom. The van der Waals surface area contributed by atoms with Gasteiger partial charge < -0.3 is 4.74 Å². The van der Waals surface area contributed by atoms with Crippen LogP contribution in [0.1, 0.15) is 12.5 Å². The second-order valence-corrected chi connectivity index (χ2v) is 8.96. The van der Waals surface area contributed by atoms with Gasteiger partial charge in [0, 0.05) is 26.9 Å². The van der Waals surface area contributed by atoms with Gasteiger partial charge in [0.2, 0.25) is 0 Å². The van der Waals surface area contributed by atoms with E-state index in [9.17, 15) is 4.79 Å². The van der Waals surface area contributed by atoms with Crippen LogP contribution in [0.4, 0.5) is 0 Å². The summed E-state index contributed by atoms with van der Waals surface area (Å²) in [5, 5.41) is 14.5. The first kappa shape index (κ1) is 24.8. The van der Waals surface area contributed by atoms with Crippen LogP contribution in [0.15, 0.2) is 83.1 Å². The van der Waals surface area contributed by atoms with Gasteiger partial charge in [-0.15, -0.1) is 10.2 Å². The molecule has 0 aliphatic rings. The predicted molar refractivity (Wildman–Crippen MR) is 141 cm³/mol. The van der Waals surface area contributed by atoms with E-state index in [1.54, 1.807) is 18.2 Å². The summed E-state index contributed by atoms with van der Waals surface area (Å²) in [4.78, 5) is 12.4. The van der Waals surface area contributed by atoms with Gasteiger partial charge >= 0.3 is 0 Å². The van der Waals surface area contributed by atoms with Gasteiger partial charge in [0.15, 0.2) is 11.0 Å². The quantitative estimate of drug-likeness (QED) is 0.167. The topological polar surface area (TPSA) is 81.4 Å². The van der Waals surface area contributed by atoms with Crippen LogP contribution < -0.4 is 10.2 Å². The number of hydrogen-bond donors (Lipinski definition) is 1. The number of carbonyl (C=O) groups excluding carboxylic acids is 1. The summed E-state index contributed by atoms with van der Waals surface area (Å²) in [6.45, 7) is 2.52. The Morgan fingerprint density at radius 3 is 2.51 bits per heavy atom. The highest BCUT2D eigenvalue weighted by atomic mass is 35.5. The van der Waals surface area contributed by atoms with Gasteiger partial charge in [-0.3, -0.25) is 9.36 Å². The molecule has 1 amide bonds. The maximum Gasteiger partial charge on any atom is 0.250 e. The normalized spacial score (nSPS) is 11.1. The maximum atomic E-state index is 12.4. The van der Waals surface area contributed by atoms with Crippen molar-refractivity contribution in [2.75, 3.05) is 12.4 Å². The van der Waals surface area contributed by atoms with Gasteiger partial charge in [-0.2, -0.15) is 5.10 Å². The van der Waals surface area contributed by atoms with Crippen LogP contribution in [0.2, 0.25) is 10.0 Å². The lowest BCUT2D eigenvalue weighted by atomic mass is 10.2. The van der Waals surface area contributed by atoms with E-state index in [0.29, 0.717) is 33.2 Å². The van der Waals surface area contributed by atoms with Gasteiger partial charge in [0.05, 0.1) is 18.6 Å². The molecule has 0 atom stereocenters. The van der Waals surface area contributed by atoms with Crippen molar-refractivity contribution in [1.82, 2.24) is 20.2 Å². The molecular formula is C25H21Cl2N5O2S. The third-order valence-electron chi connectivity index (χ3n) is 4.77. The summed E-state index contributed by atoms with van der Waals surface area (Å²) in [6, 6.07) is 22.2. The van der Waals surface area contributed by atoms with Gasteiger partial charge in [-0.05, 0) is 61.5 Å². The van der Waals surface area contributed by atoms with E-state index in [-0.39, 0.29) is 11.7 Å². The van der Waals surface area contributed by atoms with Crippen molar-refractivity contribution < 1.29 is 9.53 Å². The van der Waals surface area contributed by atoms with E-state index in [0.717, 1.165) is 17.0 Å². The molecule has 4 rings (SSSR count). The number of halogens is 2. The third kappa shape index (κ3) is 6.42. The molecule has 0 unspecified atom stereocenters. The second-order valence-electron chi connectivity index (χ2n) is 7.18. The number of hydrazone groups is 1. The number of hydrogen-bond acceptors (Lipinski definition) is 6. The fraction of sp³-hybridized carbons (Fsp3) is 0.120. The highest BCUT2D eigenvalue weighted by Gasteiger charge is 2.17.